The molecule has 1 aromatic carbocycles. The molecule has 3 rings (SSSR count). The molecule has 0 aliphatic carbocycles. The highest BCUT2D eigenvalue weighted by Gasteiger charge is 2.48. The second-order valence-electron chi connectivity index (χ2n) is 5.39. The van der Waals surface area contributed by atoms with Gasteiger partial charge in [0.05, 0.1) is 5.69 Å². The number of hydrogen-bond donors (Lipinski definition) is 0. The van der Waals surface area contributed by atoms with Crippen molar-refractivity contribution in [2.45, 2.75) is 38.3 Å². The maximum atomic E-state index is 12.9. The van der Waals surface area contributed by atoms with Crippen LogP contribution in [-0.2, 0) is 9.59 Å². The molecule has 21 heavy (non-hydrogen) atoms. The Morgan fingerprint density at radius 1 is 1.19 bits per heavy atom. The van der Waals surface area contributed by atoms with Gasteiger partial charge in [-0.05, 0) is 63.3 Å². The molecule has 0 N–H and O–H groups in total. The number of carbonyl (C=O) groups excluding carboxylic acids is 2. The highest BCUT2D eigenvalue weighted by molar-refractivity contribution is 9.11. The zero-order chi connectivity index (χ0) is 15.1. The van der Waals surface area contributed by atoms with Crippen molar-refractivity contribution in [1.82, 2.24) is 4.90 Å². The Hall–Kier alpha value is -0.880. The maximum absolute atomic E-state index is 12.9. The molecule has 2 aliphatic heterocycles. The van der Waals surface area contributed by atoms with Crippen molar-refractivity contribution in [3.8, 4) is 0 Å². The minimum atomic E-state index is -0.415. The summed E-state index contributed by atoms with van der Waals surface area (Å²) in [6.45, 7) is 2.65. The summed E-state index contributed by atoms with van der Waals surface area (Å²) in [5.41, 5.74) is 0.759. The summed E-state index contributed by atoms with van der Waals surface area (Å²) < 4.78 is 1.64. The van der Waals surface area contributed by atoms with Gasteiger partial charge in [-0.2, -0.15) is 0 Å². The molecule has 2 unspecified atom stereocenters. The Bertz CT molecular complexity index is 585. The molecule has 2 amide bonds. The van der Waals surface area contributed by atoms with Crippen LogP contribution in [0.25, 0.3) is 0 Å². The van der Waals surface area contributed by atoms with E-state index in [2.05, 4.69) is 31.9 Å². The van der Waals surface area contributed by atoms with Crippen molar-refractivity contribution in [1.29, 1.82) is 0 Å². The van der Waals surface area contributed by atoms with Crippen molar-refractivity contribution < 1.29 is 9.59 Å². The lowest BCUT2D eigenvalue weighted by Crippen LogP contribution is -2.63. The van der Waals surface area contributed by atoms with Gasteiger partial charge in [0.2, 0.25) is 5.91 Å². The van der Waals surface area contributed by atoms with Gasteiger partial charge in [-0.15, -0.1) is 0 Å². The first-order valence-electron chi connectivity index (χ1n) is 7.13. The van der Waals surface area contributed by atoms with Crippen LogP contribution >= 0.6 is 31.9 Å². The first-order chi connectivity index (χ1) is 10.1. The predicted octanol–water partition coefficient (Wildman–Crippen LogP) is 3.33. The molecule has 0 radical (unpaired) electrons. The van der Waals surface area contributed by atoms with Gasteiger partial charge in [-0.1, -0.05) is 13.0 Å². The van der Waals surface area contributed by atoms with Gasteiger partial charge in [0.15, 0.2) is 0 Å². The number of para-hydroxylation sites is 1. The summed E-state index contributed by atoms with van der Waals surface area (Å²) in [7, 11) is 0. The van der Waals surface area contributed by atoms with Gasteiger partial charge in [0, 0.05) is 15.5 Å². The third-order valence-electron chi connectivity index (χ3n) is 4.22. The zero-order valence-electron chi connectivity index (χ0n) is 11.7. The number of nitrogens with zero attached hydrogens (tertiary/aromatic N) is 2. The summed E-state index contributed by atoms with van der Waals surface area (Å²) in [6.07, 6.45) is 2.28. The first-order valence-corrected chi connectivity index (χ1v) is 8.72. The largest absolute Gasteiger partial charge is 0.329 e. The first kappa shape index (κ1) is 15.0. The van der Waals surface area contributed by atoms with Gasteiger partial charge in [0.1, 0.15) is 12.1 Å². The van der Waals surface area contributed by atoms with E-state index in [1.807, 2.05) is 25.1 Å². The molecule has 0 bridgehead atoms. The number of hydrogen-bond acceptors (Lipinski definition) is 2. The van der Waals surface area contributed by atoms with Crippen LogP contribution < -0.4 is 4.90 Å². The molecule has 0 spiro atoms. The Labute approximate surface area is 140 Å². The van der Waals surface area contributed by atoms with Gasteiger partial charge < -0.3 is 4.90 Å². The number of benzene rings is 1. The molecule has 6 heteroatoms. The normalized spacial score (nSPS) is 25.5. The van der Waals surface area contributed by atoms with E-state index < -0.39 is 6.04 Å². The topological polar surface area (TPSA) is 40.6 Å². The van der Waals surface area contributed by atoms with Gasteiger partial charge in [-0.25, -0.2) is 0 Å². The van der Waals surface area contributed by atoms with Gasteiger partial charge >= 0.3 is 0 Å². The van der Waals surface area contributed by atoms with Crippen LogP contribution in [0.1, 0.15) is 26.2 Å². The molecule has 2 atom stereocenters. The smallest absolute Gasteiger partial charge is 0.250 e. The van der Waals surface area contributed by atoms with Crippen molar-refractivity contribution in [3.05, 3.63) is 27.1 Å². The van der Waals surface area contributed by atoms with Crippen LogP contribution in [0.3, 0.4) is 0 Å². The number of amides is 2. The van der Waals surface area contributed by atoms with Crippen LogP contribution in [0.5, 0.6) is 0 Å². The molecule has 2 heterocycles. The minimum absolute atomic E-state index is 0.0338. The van der Waals surface area contributed by atoms with E-state index in [-0.39, 0.29) is 17.9 Å². The molecule has 1 aromatic rings. The van der Waals surface area contributed by atoms with Crippen LogP contribution in [-0.4, -0.2) is 35.3 Å². The molecule has 4 nitrogen and oxygen atoms in total. The highest BCUT2D eigenvalue weighted by Crippen LogP contribution is 2.39. The van der Waals surface area contributed by atoms with Crippen molar-refractivity contribution in [2.24, 2.45) is 0 Å². The molecule has 2 saturated heterocycles. The van der Waals surface area contributed by atoms with E-state index >= 15 is 0 Å². The summed E-state index contributed by atoms with van der Waals surface area (Å²) in [5.74, 6) is 0.105. The number of fused-ring (bicyclic) bond motifs is 1. The van der Waals surface area contributed by atoms with Crippen molar-refractivity contribution in [3.63, 3.8) is 0 Å². The fourth-order valence-electron chi connectivity index (χ4n) is 3.25. The molecule has 0 aromatic heterocycles. The molecule has 2 fully saturated rings. The van der Waals surface area contributed by atoms with Crippen LogP contribution in [0.2, 0.25) is 0 Å². The molecule has 2 aliphatic rings. The Morgan fingerprint density at radius 3 is 2.48 bits per heavy atom. The van der Waals surface area contributed by atoms with Crippen LogP contribution in [0, 0.1) is 0 Å². The fourth-order valence-corrected chi connectivity index (χ4v) is 4.63. The Morgan fingerprint density at radius 2 is 1.86 bits per heavy atom. The number of halogens is 2. The van der Waals surface area contributed by atoms with E-state index in [9.17, 15) is 9.59 Å². The monoisotopic (exact) mass is 414 g/mol. The maximum Gasteiger partial charge on any atom is 0.250 e. The third-order valence-corrected chi connectivity index (χ3v) is 5.50. The third kappa shape index (κ3) is 2.32. The van der Waals surface area contributed by atoms with E-state index in [0.717, 1.165) is 27.5 Å². The van der Waals surface area contributed by atoms with Crippen molar-refractivity contribution in [2.75, 3.05) is 11.4 Å². The van der Waals surface area contributed by atoms with Crippen molar-refractivity contribution >= 4 is 49.4 Å². The lowest BCUT2D eigenvalue weighted by Gasteiger charge is -2.42. The number of piperazine rings is 1. The zero-order valence-corrected chi connectivity index (χ0v) is 14.9. The highest BCUT2D eigenvalue weighted by atomic mass is 79.9. The van der Waals surface area contributed by atoms with E-state index in [1.165, 1.54) is 0 Å². The summed E-state index contributed by atoms with van der Waals surface area (Å²) >= 11 is 7.02. The molecule has 112 valence electrons. The second-order valence-corrected chi connectivity index (χ2v) is 7.10. The van der Waals surface area contributed by atoms with Crippen LogP contribution in [0.4, 0.5) is 5.69 Å². The lowest BCUT2D eigenvalue weighted by molar-refractivity contribution is -0.144. The number of anilines is 1. The van der Waals surface area contributed by atoms with Gasteiger partial charge in [-0.3, -0.25) is 14.5 Å². The Balaban J connectivity index is 2.10. The van der Waals surface area contributed by atoms with E-state index in [4.69, 9.17) is 0 Å². The Kier molecular flexibility index (Phi) is 4.10. The quantitative estimate of drug-likeness (QED) is 0.743. The number of rotatable bonds is 2. The van der Waals surface area contributed by atoms with Gasteiger partial charge in [0.25, 0.3) is 5.91 Å². The summed E-state index contributed by atoms with van der Waals surface area (Å²) in [5, 5.41) is 0. The fraction of sp³-hybridized carbons (Fsp3) is 0.467. The van der Waals surface area contributed by atoms with E-state index in [0.29, 0.717) is 13.0 Å². The minimum Gasteiger partial charge on any atom is -0.329 e. The second kappa shape index (κ2) is 5.72. The standard InChI is InChI=1S/C15H16Br2N2O2/c1-2-11-14(20)18-8-4-7-12(18)15(21)19(11)13-9(16)5-3-6-10(13)17/h3,5-6,11-12H,2,4,7-8H2,1H3. The average Bonchev–Trinajstić information content (AvgIpc) is 2.94. The molecular weight excluding hydrogens is 400 g/mol. The average molecular weight is 416 g/mol. The summed E-state index contributed by atoms with van der Waals surface area (Å²) in [4.78, 5) is 29.1. The molecule has 0 saturated carbocycles. The van der Waals surface area contributed by atoms with Crippen LogP contribution in [0.15, 0.2) is 27.1 Å². The SMILES string of the molecule is CCC1C(=O)N2CCCC2C(=O)N1c1c(Br)cccc1Br. The lowest BCUT2D eigenvalue weighted by atomic mass is 10.0. The van der Waals surface area contributed by atoms with E-state index in [1.54, 1.807) is 9.80 Å². The molecular formula is C15H16Br2N2O2. The summed E-state index contributed by atoms with van der Waals surface area (Å²) in [6, 6.07) is 4.98. The predicted molar refractivity (Wildman–Crippen MR) is 88.1 cm³/mol. The number of carbonyl (C=O) groups is 2.